The Balaban J connectivity index is 1.76. The molecule has 4 heteroatoms. The first-order valence-electron chi connectivity index (χ1n) is 7.46. The Morgan fingerprint density at radius 2 is 1.82 bits per heavy atom. The first-order valence-corrected chi connectivity index (χ1v) is 7.46. The molecule has 0 aromatic heterocycles. The molecule has 0 saturated carbocycles. The Labute approximate surface area is 130 Å². The summed E-state index contributed by atoms with van der Waals surface area (Å²) in [6.07, 6.45) is 0. The fourth-order valence-corrected chi connectivity index (χ4v) is 2.80. The second kappa shape index (κ2) is 6.10. The van der Waals surface area contributed by atoms with Gasteiger partial charge in [-0.05, 0) is 36.1 Å². The van der Waals surface area contributed by atoms with Gasteiger partial charge in [-0.15, -0.1) is 0 Å². The van der Waals surface area contributed by atoms with Crippen molar-refractivity contribution >= 4 is 6.03 Å². The molecule has 1 saturated heterocycles. The lowest BCUT2D eigenvalue weighted by molar-refractivity contribution is 0.247. The first-order chi connectivity index (χ1) is 10.6. The van der Waals surface area contributed by atoms with Crippen LogP contribution in [0, 0.1) is 13.8 Å². The Hall–Kier alpha value is -2.49. The number of rotatable bonds is 4. The van der Waals surface area contributed by atoms with Crippen LogP contribution in [0.3, 0.4) is 0 Å². The van der Waals surface area contributed by atoms with Crippen LogP contribution in [0.2, 0.25) is 0 Å². The molecule has 1 heterocycles. The van der Waals surface area contributed by atoms with E-state index in [0.29, 0.717) is 13.2 Å². The van der Waals surface area contributed by atoms with Gasteiger partial charge in [-0.1, -0.05) is 42.5 Å². The SMILES string of the molecule is Cc1cc([C@@H]2CNC(=O)N2)cc(C)c1OCc1ccccc1. The summed E-state index contributed by atoms with van der Waals surface area (Å²) in [5, 5.41) is 5.70. The highest BCUT2D eigenvalue weighted by atomic mass is 16.5. The molecule has 1 fully saturated rings. The summed E-state index contributed by atoms with van der Waals surface area (Å²) in [5.41, 5.74) is 4.44. The number of carbonyl (C=O) groups excluding carboxylic acids is 1. The molecule has 0 spiro atoms. The number of hydrogen-bond acceptors (Lipinski definition) is 2. The number of amides is 2. The molecule has 0 unspecified atom stereocenters. The summed E-state index contributed by atoms with van der Waals surface area (Å²) >= 11 is 0. The highest BCUT2D eigenvalue weighted by molar-refractivity contribution is 5.77. The zero-order valence-electron chi connectivity index (χ0n) is 12.8. The van der Waals surface area contributed by atoms with Crippen molar-refractivity contribution in [3.05, 3.63) is 64.7 Å². The summed E-state index contributed by atoms with van der Waals surface area (Å²) < 4.78 is 5.99. The predicted molar refractivity (Wildman–Crippen MR) is 86.0 cm³/mol. The van der Waals surface area contributed by atoms with Gasteiger partial charge in [0, 0.05) is 6.54 Å². The molecule has 2 N–H and O–H groups in total. The number of benzene rings is 2. The van der Waals surface area contributed by atoms with Crippen LogP contribution in [0.5, 0.6) is 5.75 Å². The van der Waals surface area contributed by atoms with Crippen molar-refractivity contribution in [3.8, 4) is 5.75 Å². The maximum Gasteiger partial charge on any atom is 0.315 e. The first kappa shape index (κ1) is 14.4. The van der Waals surface area contributed by atoms with Crippen molar-refractivity contribution in [1.29, 1.82) is 0 Å². The normalized spacial score (nSPS) is 17.0. The molecule has 1 atom stereocenters. The largest absolute Gasteiger partial charge is 0.488 e. The van der Waals surface area contributed by atoms with E-state index in [4.69, 9.17) is 4.74 Å². The zero-order valence-corrected chi connectivity index (χ0v) is 12.8. The molecule has 4 nitrogen and oxygen atoms in total. The van der Waals surface area contributed by atoms with Gasteiger partial charge in [-0.2, -0.15) is 0 Å². The summed E-state index contributed by atoms with van der Waals surface area (Å²) in [5.74, 6) is 0.921. The van der Waals surface area contributed by atoms with E-state index in [2.05, 4.69) is 34.9 Å². The van der Waals surface area contributed by atoms with Crippen LogP contribution in [0.4, 0.5) is 4.79 Å². The van der Waals surface area contributed by atoms with Gasteiger partial charge in [0.25, 0.3) is 0 Å². The third-order valence-electron chi connectivity index (χ3n) is 3.88. The van der Waals surface area contributed by atoms with E-state index in [0.717, 1.165) is 28.0 Å². The van der Waals surface area contributed by atoms with Gasteiger partial charge in [-0.3, -0.25) is 0 Å². The fourth-order valence-electron chi connectivity index (χ4n) is 2.80. The van der Waals surface area contributed by atoms with Crippen molar-refractivity contribution < 1.29 is 9.53 Å². The van der Waals surface area contributed by atoms with Crippen molar-refractivity contribution in [3.63, 3.8) is 0 Å². The smallest absolute Gasteiger partial charge is 0.315 e. The van der Waals surface area contributed by atoms with Crippen molar-refractivity contribution in [2.45, 2.75) is 26.5 Å². The summed E-state index contributed by atoms with van der Waals surface area (Å²) in [6, 6.07) is 14.2. The summed E-state index contributed by atoms with van der Waals surface area (Å²) in [4.78, 5) is 11.3. The minimum absolute atomic E-state index is 0.0353. The minimum atomic E-state index is -0.107. The highest BCUT2D eigenvalue weighted by Gasteiger charge is 2.22. The van der Waals surface area contributed by atoms with E-state index in [1.54, 1.807) is 0 Å². The monoisotopic (exact) mass is 296 g/mol. The minimum Gasteiger partial charge on any atom is -0.488 e. The average molecular weight is 296 g/mol. The van der Waals surface area contributed by atoms with Gasteiger partial charge in [0.2, 0.25) is 0 Å². The summed E-state index contributed by atoms with van der Waals surface area (Å²) in [7, 11) is 0. The van der Waals surface area contributed by atoms with Crippen molar-refractivity contribution in [1.82, 2.24) is 10.6 Å². The number of ether oxygens (including phenoxy) is 1. The van der Waals surface area contributed by atoms with E-state index in [1.165, 1.54) is 0 Å². The van der Waals surface area contributed by atoms with Gasteiger partial charge < -0.3 is 15.4 Å². The average Bonchev–Trinajstić information content (AvgIpc) is 2.94. The number of carbonyl (C=O) groups is 1. The third kappa shape index (κ3) is 3.06. The van der Waals surface area contributed by atoms with E-state index in [9.17, 15) is 4.79 Å². The van der Waals surface area contributed by atoms with E-state index >= 15 is 0 Å². The van der Waals surface area contributed by atoms with Crippen LogP contribution in [-0.2, 0) is 6.61 Å². The molecule has 2 aromatic rings. The lowest BCUT2D eigenvalue weighted by atomic mass is 10.0. The number of nitrogens with one attached hydrogen (secondary N) is 2. The molecule has 1 aliphatic heterocycles. The molecule has 2 aromatic carbocycles. The lowest BCUT2D eigenvalue weighted by Gasteiger charge is -2.16. The second-order valence-electron chi connectivity index (χ2n) is 5.67. The quantitative estimate of drug-likeness (QED) is 0.910. The molecule has 0 bridgehead atoms. The molecule has 0 radical (unpaired) electrons. The number of urea groups is 1. The van der Waals surface area contributed by atoms with Crippen LogP contribution in [0.1, 0.15) is 28.3 Å². The molecular formula is C18H20N2O2. The summed E-state index contributed by atoms with van der Waals surface area (Å²) in [6.45, 7) is 5.27. The Morgan fingerprint density at radius 1 is 1.14 bits per heavy atom. The zero-order chi connectivity index (χ0) is 15.5. The van der Waals surface area contributed by atoms with E-state index in [-0.39, 0.29) is 12.1 Å². The molecule has 114 valence electrons. The molecule has 2 amide bonds. The van der Waals surface area contributed by atoms with Crippen molar-refractivity contribution in [2.24, 2.45) is 0 Å². The van der Waals surface area contributed by atoms with Gasteiger partial charge >= 0.3 is 6.03 Å². The standard InChI is InChI=1S/C18H20N2O2/c1-12-8-15(16-10-19-18(21)20-16)9-13(2)17(12)22-11-14-6-4-3-5-7-14/h3-9,16H,10-11H2,1-2H3,(H2,19,20,21)/t16-/m0/s1. The Morgan fingerprint density at radius 3 is 2.41 bits per heavy atom. The van der Waals surface area contributed by atoms with Gasteiger partial charge in [0.05, 0.1) is 6.04 Å². The Bertz CT molecular complexity index is 660. The Kier molecular flexibility index (Phi) is 4.00. The molecule has 1 aliphatic rings. The molecular weight excluding hydrogens is 276 g/mol. The molecule has 0 aliphatic carbocycles. The second-order valence-corrected chi connectivity index (χ2v) is 5.67. The number of hydrogen-bond donors (Lipinski definition) is 2. The molecule has 22 heavy (non-hydrogen) atoms. The van der Waals surface area contributed by atoms with Gasteiger partial charge in [0.1, 0.15) is 12.4 Å². The predicted octanol–water partition coefficient (Wildman–Crippen LogP) is 3.24. The van der Waals surface area contributed by atoms with E-state index < -0.39 is 0 Å². The fraction of sp³-hybridized carbons (Fsp3) is 0.278. The highest BCUT2D eigenvalue weighted by Crippen LogP contribution is 2.29. The van der Waals surface area contributed by atoms with Crippen LogP contribution >= 0.6 is 0 Å². The number of aryl methyl sites for hydroxylation is 2. The topological polar surface area (TPSA) is 50.4 Å². The van der Waals surface area contributed by atoms with E-state index in [1.807, 2.05) is 32.0 Å². The van der Waals surface area contributed by atoms with Crippen molar-refractivity contribution in [2.75, 3.05) is 6.54 Å². The van der Waals surface area contributed by atoms with Crippen LogP contribution in [0.15, 0.2) is 42.5 Å². The third-order valence-corrected chi connectivity index (χ3v) is 3.88. The van der Waals surface area contributed by atoms with Gasteiger partial charge in [-0.25, -0.2) is 4.79 Å². The molecule has 3 rings (SSSR count). The lowest BCUT2D eigenvalue weighted by Crippen LogP contribution is -2.21. The van der Waals surface area contributed by atoms with Crippen LogP contribution in [0.25, 0.3) is 0 Å². The van der Waals surface area contributed by atoms with Crippen LogP contribution < -0.4 is 15.4 Å². The maximum absolute atomic E-state index is 11.3. The van der Waals surface area contributed by atoms with Crippen LogP contribution in [-0.4, -0.2) is 12.6 Å². The maximum atomic E-state index is 11.3. The van der Waals surface area contributed by atoms with Gasteiger partial charge in [0.15, 0.2) is 0 Å².